The number of likely N-dealkylation sites (tertiary alicyclic amines) is 1. The van der Waals surface area contributed by atoms with E-state index in [0.29, 0.717) is 25.6 Å². The van der Waals surface area contributed by atoms with Gasteiger partial charge >= 0.3 is 6.03 Å². The van der Waals surface area contributed by atoms with E-state index < -0.39 is 0 Å². The molecule has 0 bridgehead atoms. The summed E-state index contributed by atoms with van der Waals surface area (Å²) in [5.74, 6) is 0.0121. The summed E-state index contributed by atoms with van der Waals surface area (Å²) in [5, 5.41) is 0. The van der Waals surface area contributed by atoms with Crippen LogP contribution < -0.4 is 0 Å². The second-order valence-corrected chi connectivity index (χ2v) is 5.98. The van der Waals surface area contributed by atoms with Crippen LogP contribution in [0.1, 0.15) is 32.1 Å². The molecule has 3 heterocycles. The number of nitrogens with zero attached hydrogens (tertiary/aromatic N) is 3. The molecule has 6 nitrogen and oxygen atoms in total. The fourth-order valence-electron chi connectivity index (χ4n) is 3.61. The zero-order valence-electron chi connectivity index (χ0n) is 10.7. The minimum absolute atomic E-state index is 0.0852. The Morgan fingerprint density at radius 1 is 0.947 bits per heavy atom. The molecule has 2 unspecified atom stereocenters. The molecular formula is C13H17N3O3. The van der Waals surface area contributed by atoms with E-state index in [1.165, 1.54) is 4.90 Å². The zero-order chi connectivity index (χ0) is 13.1. The average molecular weight is 263 g/mol. The first-order chi connectivity index (χ1) is 9.16. The van der Waals surface area contributed by atoms with Gasteiger partial charge in [-0.1, -0.05) is 0 Å². The molecule has 4 rings (SSSR count). The van der Waals surface area contributed by atoms with Gasteiger partial charge in [-0.25, -0.2) is 4.79 Å². The number of hydrogen-bond acceptors (Lipinski definition) is 3. The van der Waals surface area contributed by atoms with Crippen LogP contribution in [0.3, 0.4) is 0 Å². The third-order valence-electron chi connectivity index (χ3n) is 4.72. The Morgan fingerprint density at radius 2 is 1.74 bits per heavy atom. The number of amides is 4. The number of fused-ring (bicyclic) bond motifs is 1. The van der Waals surface area contributed by atoms with Crippen molar-refractivity contribution in [2.75, 3.05) is 13.1 Å². The van der Waals surface area contributed by atoms with Crippen LogP contribution in [0.25, 0.3) is 0 Å². The van der Waals surface area contributed by atoms with Gasteiger partial charge in [0.25, 0.3) is 5.91 Å². The SMILES string of the molecule is O=C1CC(N2C(=O)C3CCCN3C2=O)CN1C1CC1. The molecule has 19 heavy (non-hydrogen) atoms. The van der Waals surface area contributed by atoms with Crippen LogP contribution in [0.5, 0.6) is 0 Å². The van der Waals surface area contributed by atoms with Crippen molar-refractivity contribution < 1.29 is 14.4 Å². The average Bonchev–Trinajstić information content (AvgIpc) is 2.89. The van der Waals surface area contributed by atoms with Gasteiger partial charge in [0.15, 0.2) is 0 Å². The van der Waals surface area contributed by atoms with E-state index in [1.807, 2.05) is 4.90 Å². The van der Waals surface area contributed by atoms with Gasteiger partial charge in [0.2, 0.25) is 5.91 Å². The third-order valence-corrected chi connectivity index (χ3v) is 4.72. The number of urea groups is 1. The summed E-state index contributed by atoms with van der Waals surface area (Å²) in [5.41, 5.74) is 0. The molecule has 2 atom stereocenters. The van der Waals surface area contributed by atoms with Crippen molar-refractivity contribution in [3.8, 4) is 0 Å². The van der Waals surface area contributed by atoms with Crippen molar-refractivity contribution in [2.45, 2.75) is 50.2 Å². The molecule has 4 fully saturated rings. The molecule has 4 aliphatic rings. The van der Waals surface area contributed by atoms with Gasteiger partial charge in [-0.05, 0) is 25.7 Å². The van der Waals surface area contributed by atoms with Gasteiger partial charge in [-0.2, -0.15) is 0 Å². The van der Waals surface area contributed by atoms with Crippen molar-refractivity contribution in [1.82, 2.24) is 14.7 Å². The molecule has 4 amide bonds. The summed E-state index contributed by atoms with van der Waals surface area (Å²) in [4.78, 5) is 41.4. The van der Waals surface area contributed by atoms with Gasteiger partial charge in [-0.15, -0.1) is 0 Å². The largest absolute Gasteiger partial charge is 0.338 e. The van der Waals surface area contributed by atoms with Crippen molar-refractivity contribution in [2.24, 2.45) is 0 Å². The highest BCUT2D eigenvalue weighted by atomic mass is 16.2. The number of imide groups is 1. The van der Waals surface area contributed by atoms with Gasteiger partial charge in [-0.3, -0.25) is 14.5 Å². The lowest BCUT2D eigenvalue weighted by atomic mass is 10.2. The molecule has 1 saturated carbocycles. The number of rotatable bonds is 2. The highest BCUT2D eigenvalue weighted by Gasteiger charge is 2.53. The number of hydrogen-bond donors (Lipinski definition) is 0. The van der Waals surface area contributed by atoms with Crippen molar-refractivity contribution >= 4 is 17.8 Å². The molecule has 6 heteroatoms. The maximum Gasteiger partial charge on any atom is 0.327 e. The molecule has 0 N–H and O–H groups in total. The Labute approximate surface area is 111 Å². The lowest BCUT2D eigenvalue weighted by Crippen LogP contribution is -2.43. The van der Waals surface area contributed by atoms with Gasteiger partial charge in [0, 0.05) is 25.6 Å². The lowest BCUT2D eigenvalue weighted by Gasteiger charge is -2.22. The third kappa shape index (κ3) is 1.52. The predicted molar refractivity (Wildman–Crippen MR) is 65.1 cm³/mol. The smallest absolute Gasteiger partial charge is 0.327 e. The first-order valence-electron chi connectivity index (χ1n) is 7.10. The van der Waals surface area contributed by atoms with Crippen molar-refractivity contribution in [3.63, 3.8) is 0 Å². The molecule has 1 aliphatic carbocycles. The minimum atomic E-state index is -0.252. The Hall–Kier alpha value is -1.59. The molecular weight excluding hydrogens is 246 g/mol. The maximum atomic E-state index is 12.3. The molecule has 0 aromatic heterocycles. The topological polar surface area (TPSA) is 60.9 Å². The fraction of sp³-hybridized carbons (Fsp3) is 0.769. The highest BCUT2D eigenvalue weighted by molar-refractivity contribution is 6.05. The molecule has 0 spiro atoms. The molecule has 0 aromatic carbocycles. The standard InChI is InChI=1S/C13H17N3O3/c17-11-6-9(7-15(11)8-3-4-8)16-12(18)10-2-1-5-14(10)13(16)19/h8-10H,1-7H2. The first kappa shape index (κ1) is 11.3. The Bertz CT molecular complexity index is 452. The van der Waals surface area contributed by atoms with Crippen molar-refractivity contribution in [3.05, 3.63) is 0 Å². The van der Waals surface area contributed by atoms with E-state index >= 15 is 0 Å². The van der Waals surface area contributed by atoms with E-state index in [9.17, 15) is 14.4 Å². The summed E-state index contributed by atoms with van der Waals surface area (Å²) >= 11 is 0. The molecule has 0 radical (unpaired) electrons. The number of carbonyl (C=O) groups is 3. The quantitative estimate of drug-likeness (QED) is 0.668. The summed E-state index contributed by atoms with van der Waals surface area (Å²) in [7, 11) is 0. The second-order valence-electron chi connectivity index (χ2n) is 5.98. The molecule has 3 saturated heterocycles. The monoisotopic (exact) mass is 263 g/mol. The summed E-state index contributed by atoms with van der Waals surface area (Å²) in [6.07, 6.45) is 4.13. The van der Waals surface area contributed by atoms with Crippen LogP contribution in [0.4, 0.5) is 4.79 Å². The predicted octanol–water partition coefficient (Wildman–Crippen LogP) is 0.176. The summed E-state index contributed by atoms with van der Waals surface area (Å²) < 4.78 is 0. The van der Waals surface area contributed by atoms with Crippen LogP contribution in [0.2, 0.25) is 0 Å². The van der Waals surface area contributed by atoms with Gasteiger partial charge in [0.05, 0.1) is 6.04 Å². The zero-order valence-corrected chi connectivity index (χ0v) is 10.7. The van der Waals surface area contributed by atoms with Crippen LogP contribution in [0.15, 0.2) is 0 Å². The van der Waals surface area contributed by atoms with Crippen LogP contribution in [0, 0.1) is 0 Å². The van der Waals surface area contributed by atoms with E-state index in [4.69, 9.17) is 0 Å². The number of carbonyl (C=O) groups excluding carboxylic acids is 3. The Balaban J connectivity index is 1.55. The lowest BCUT2D eigenvalue weighted by molar-refractivity contribution is -0.129. The maximum absolute atomic E-state index is 12.3. The van der Waals surface area contributed by atoms with E-state index in [1.54, 1.807) is 4.90 Å². The highest BCUT2D eigenvalue weighted by Crippen LogP contribution is 2.35. The van der Waals surface area contributed by atoms with Crippen molar-refractivity contribution in [1.29, 1.82) is 0 Å². The Kier molecular flexibility index (Phi) is 2.20. The molecule has 0 aromatic rings. The van der Waals surface area contributed by atoms with E-state index in [2.05, 4.69) is 0 Å². The second kappa shape index (κ2) is 3.71. The molecule has 102 valence electrons. The van der Waals surface area contributed by atoms with Gasteiger partial charge < -0.3 is 9.80 Å². The minimum Gasteiger partial charge on any atom is -0.338 e. The van der Waals surface area contributed by atoms with Crippen LogP contribution in [-0.4, -0.2) is 63.8 Å². The fourth-order valence-corrected chi connectivity index (χ4v) is 3.61. The van der Waals surface area contributed by atoms with Gasteiger partial charge in [0.1, 0.15) is 6.04 Å². The first-order valence-corrected chi connectivity index (χ1v) is 7.10. The summed E-state index contributed by atoms with van der Waals surface area (Å²) in [6, 6.07) is -0.302. The van der Waals surface area contributed by atoms with E-state index in [-0.39, 0.29) is 29.9 Å². The van der Waals surface area contributed by atoms with E-state index in [0.717, 1.165) is 25.7 Å². The van der Waals surface area contributed by atoms with Crippen LogP contribution in [-0.2, 0) is 9.59 Å². The molecule has 3 aliphatic heterocycles. The normalized spacial score (nSPS) is 34.7. The summed E-state index contributed by atoms with van der Waals surface area (Å²) in [6.45, 7) is 1.22. The van der Waals surface area contributed by atoms with Crippen LogP contribution >= 0.6 is 0 Å². The Morgan fingerprint density at radius 3 is 2.42 bits per heavy atom.